The normalized spacial score (nSPS) is 19.5. The van der Waals surface area contributed by atoms with Crippen molar-refractivity contribution in [3.8, 4) is 0 Å². The Labute approximate surface area is 103 Å². The minimum absolute atomic E-state index is 0.0825. The summed E-state index contributed by atoms with van der Waals surface area (Å²) >= 11 is 5.77. The Morgan fingerprint density at radius 1 is 1.41 bits per heavy atom. The average molecular weight is 254 g/mol. The maximum Gasteiger partial charge on any atom is 0.239 e. The summed E-state index contributed by atoms with van der Waals surface area (Å²) in [5.41, 5.74) is 2.81. The van der Waals surface area contributed by atoms with Crippen molar-refractivity contribution in [2.24, 2.45) is 11.8 Å². The van der Waals surface area contributed by atoms with Crippen molar-refractivity contribution in [1.82, 2.24) is 5.43 Å². The molecule has 3 N–H and O–H groups in total. The summed E-state index contributed by atoms with van der Waals surface area (Å²) in [4.78, 5) is 24.7. The molecule has 1 aliphatic heterocycles. The molecule has 0 saturated carbocycles. The molecule has 1 fully saturated rings. The Bertz CT molecular complexity index is 447. The second kappa shape index (κ2) is 4.73. The van der Waals surface area contributed by atoms with Gasteiger partial charge < -0.3 is 4.90 Å². The largest absolute Gasteiger partial charge is 0.312 e. The third-order valence-corrected chi connectivity index (χ3v) is 3.03. The van der Waals surface area contributed by atoms with Gasteiger partial charge in [0.1, 0.15) is 0 Å². The van der Waals surface area contributed by atoms with Crippen molar-refractivity contribution in [1.29, 1.82) is 0 Å². The molecule has 1 aliphatic rings. The first kappa shape index (κ1) is 11.9. The SMILES string of the molecule is NNC(=O)C1CC(=O)N(c2ccc(Cl)cc2)C1. The van der Waals surface area contributed by atoms with Gasteiger partial charge in [-0.3, -0.25) is 15.0 Å². The number of hydrogen-bond donors (Lipinski definition) is 2. The summed E-state index contributed by atoms with van der Waals surface area (Å²) in [7, 11) is 0. The molecular formula is C11H12ClN3O2. The highest BCUT2D eigenvalue weighted by Crippen LogP contribution is 2.26. The average Bonchev–Trinajstić information content (AvgIpc) is 2.71. The van der Waals surface area contributed by atoms with Gasteiger partial charge >= 0.3 is 0 Å². The number of nitrogens with two attached hydrogens (primary N) is 1. The smallest absolute Gasteiger partial charge is 0.239 e. The molecule has 90 valence electrons. The standard InChI is InChI=1S/C11H12ClN3O2/c12-8-1-3-9(4-2-8)15-6-7(5-10(15)16)11(17)14-13/h1-4,7H,5-6,13H2,(H,14,17). The number of carbonyl (C=O) groups is 2. The van der Waals surface area contributed by atoms with E-state index in [9.17, 15) is 9.59 Å². The van der Waals surface area contributed by atoms with E-state index >= 15 is 0 Å². The third-order valence-electron chi connectivity index (χ3n) is 2.78. The molecule has 2 rings (SSSR count). The number of anilines is 1. The van der Waals surface area contributed by atoms with Crippen molar-refractivity contribution in [3.63, 3.8) is 0 Å². The lowest BCUT2D eigenvalue weighted by atomic mass is 10.1. The van der Waals surface area contributed by atoms with Crippen LogP contribution in [0.2, 0.25) is 5.02 Å². The lowest BCUT2D eigenvalue weighted by Gasteiger charge is -2.16. The van der Waals surface area contributed by atoms with Gasteiger partial charge in [0.2, 0.25) is 11.8 Å². The van der Waals surface area contributed by atoms with Crippen LogP contribution in [-0.2, 0) is 9.59 Å². The van der Waals surface area contributed by atoms with Gasteiger partial charge in [0.15, 0.2) is 0 Å². The van der Waals surface area contributed by atoms with Crippen LogP contribution in [0, 0.1) is 5.92 Å². The summed E-state index contributed by atoms with van der Waals surface area (Å²) in [5, 5.41) is 0.608. The lowest BCUT2D eigenvalue weighted by molar-refractivity contribution is -0.126. The molecule has 6 heteroatoms. The number of hydrazine groups is 1. The molecule has 0 spiro atoms. The summed E-state index contributed by atoms with van der Waals surface area (Å²) in [6, 6.07) is 6.92. The zero-order chi connectivity index (χ0) is 12.4. The number of benzene rings is 1. The molecule has 1 aromatic carbocycles. The van der Waals surface area contributed by atoms with Gasteiger partial charge in [-0.1, -0.05) is 11.6 Å². The van der Waals surface area contributed by atoms with E-state index < -0.39 is 0 Å². The van der Waals surface area contributed by atoms with Crippen molar-refractivity contribution >= 4 is 29.1 Å². The highest BCUT2D eigenvalue weighted by atomic mass is 35.5. The summed E-state index contributed by atoms with van der Waals surface area (Å²) in [5.74, 6) is 4.28. The van der Waals surface area contributed by atoms with E-state index in [1.54, 1.807) is 29.2 Å². The summed E-state index contributed by atoms with van der Waals surface area (Å²) in [6.07, 6.45) is 0.186. The van der Waals surface area contributed by atoms with Crippen LogP contribution in [0.15, 0.2) is 24.3 Å². The van der Waals surface area contributed by atoms with Crippen LogP contribution in [-0.4, -0.2) is 18.4 Å². The maximum atomic E-state index is 11.8. The van der Waals surface area contributed by atoms with E-state index in [-0.39, 0.29) is 24.2 Å². The first-order chi connectivity index (χ1) is 8.11. The van der Waals surface area contributed by atoms with Crippen molar-refractivity contribution in [3.05, 3.63) is 29.3 Å². The number of amides is 2. The fourth-order valence-corrected chi connectivity index (χ4v) is 2.00. The second-order valence-electron chi connectivity index (χ2n) is 3.89. The van der Waals surface area contributed by atoms with E-state index in [4.69, 9.17) is 17.4 Å². The van der Waals surface area contributed by atoms with Gasteiger partial charge in [0.25, 0.3) is 0 Å². The fraction of sp³-hybridized carbons (Fsp3) is 0.273. The van der Waals surface area contributed by atoms with E-state index in [1.165, 1.54) is 0 Å². The topological polar surface area (TPSA) is 75.4 Å². The molecule has 2 amide bonds. The van der Waals surface area contributed by atoms with Crippen LogP contribution in [0.1, 0.15) is 6.42 Å². The fourth-order valence-electron chi connectivity index (χ4n) is 1.87. The monoisotopic (exact) mass is 253 g/mol. The zero-order valence-corrected chi connectivity index (χ0v) is 9.78. The van der Waals surface area contributed by atoms with Gasteiger partial charge in [-0.25, -0.2) is 5.84 Å². The number of hydrogen-bond acceptors (Lipinski definition) is 3. The highest BCUT2D eigenvalue weighted by Gasteiger charge is 2.34. The summed E-state index contributed by atoms with van der Waals surface area (Å²) in [6.45, 7) is 0.351. The Hall–Kier alpha value is -1.59. The number of rotatable bonds is 2. The minimum atomic E-state index is -0.386. The number of carbonyl (C=O) groups excluding carboxylic acids is 2. The van der Waals surface area contributed by atoms with Crippen LogP contribution in [0.4, 0.5) is 5.69 Å². The molecule has 0 radical (unpaired) electrons. The predicted molar refractivity (Wildman–Crippen MR) is 64.2 cm³/mol. The van der Waals surface area contributed by atoms with Gasteiger partial charge in [0.05, 0.1) is 5.92 Å². The van der Waals surface area contributed by atoms with Crippen LogP contribution >= 0.6 is 11.6 Å². The third kappa shape index (κ3) is 2.40. The molecule has 17 heavy (non-hydrogen) atoms. The van der Waals surface area contributed by atoms with Crippen LogP contribution in [0.3, 0.4) is 0 Å². The van der Waals surface area contributed by atoms with Gasteiger partial charge in [0, 0.05) is 23.7 Å². The Kier molecular flexibility index (Phi) is 3.31. The molecule has 1 unspecified atom stereocenters. The Morgan fingerprint density at radius 3 is 2.65 bits per heavy atom. The molecular weight excluding hydrogens is 242 g/mol. The molecule has 1 saturated heterocycles. The zero-order valence-electron chi connectivity index (χ0n) is 9.02. The Morgan fingerprint density at radius 2 is 2.06 bits per heavy atom. The predicted octanol–water partition coefficient (Wildman–Crippen LogP) is 0.683. The second-order valence-corrected chi connectivity index (χ2v) is 4.33. The van der Waals surface area contributed by atoms with Gasteiger partial charge in [-0.2, -0.15) is 0 Å². The first-order valence-corrected chi connectivity index (χ1v) is 5.56. The van der Waals surface area contributed by atoms with Crippen molar-refractivity contribution in [2.45, 2.75) is 6.42 Å². The minimum Gasteiger partial charge on any atom is -0.312 e. The molecule has 0 aliphatic carbocycles. The highest BCUT2D eigenvalue weighted by molar-refractivity contribution is 6.30. The lowest BCUT2D eigenvalue weighted by Crippen LogP contribution is -2.37. The molecule has 5 nitrogen and oxygen atoms in total. The molecule has 0 aromatic heterocycles. The van der Waals surface area contributed by atoms with Crippen LogP contribution < -0.4 is 16.2 Å². The van der Waals surface area contributed by atoms with Gasteiger partial charge in [-0.15, -0.1) is 0 Å². The van der Waals surface area contributed by atoms with Crippen molar-refractivity contribution in [2.75, 3.05) is 11.4 Å². The molecule has 0 bridgehead atoms. The van der Waals surface area contributed by atoms with Crippen LogP contribution in [0.25, 0.3) is 0 Å². The number of halogens is 1. The molecule has 1 heterocycles. The first-order valence-electron chi connectivity index (χ1n) is 5.18. The van der Waals surface area contributed by atoms with Crippen molar-refractivity contribution < 1.29 is 9.59 Å². The van der Waals surface area contributed by atoms with E-state index in [0.717, 1.165) is 5.69 Å². The quantitative estimate of drug-likeness (QED) is 0.462. The molecule has 1 atom stereocenters. The van der Waals surface area contributed by atoms with E-state index in [1.807, 2.05) is 0 Å². The van der Waals surface area contributed by atoms with E-state index in [0.29, 0.717) is 11.6 Å². The number of nitrogens with zero attached hydrogens (tertiary/aromatic N) is 1. The van der Waals surface area contributed by atoms with Gasteiger partial charge in [-0.05, 0) is 24.3 Å². The maximum absolute atomic E-state index is 11.8. The summed E-state index contributed by atoms with van der Waals surface area (Å²) < 4.78 is 0. The number of nitrogens with one attached hydrogen (secondary N) is 1. The van der Waals surface area contributed by atoms with E-state index in [2.05, 4.69) is 5.43 Å². The van der Waals surface area contributed by atoms with Crippen LogP contribution in [0.5, 0.6) is 0 Å². The molecule has 1 aromatic rings. The Balaban J connectivity index is 2.15.